The third-order valence-corrected chi connectivity index (χ3v) is 5.02. The molecule has 1 saturated heterocycles. The summed E-state index contributed by atoms with van der Waals surface area (Å²) in [7, 11) is 0. The lowest BCUT2D eigenvalue weighted by Gasteiger charge is -2.20. The molecule has 2 aromatic heterocycles. The van der Waals surface area contributed by atoms with Crippen LogP contribution in [0.1, 0.15) is 28.0 Å². The summed E-state index contributed by atoms with van der Waals surface area (Å²) in [4.78, 5) is 33.2. The number of carbonyl (C=O) groups excluding carboxylic acids is 1. The number of rotatable bonds is 3. The van der Waals surface area contributed by atoms with Gasteiger partial charge in [0.25, 0.3) is 5.91 Å². The number of alkyl halides is 1. The summed E-state index contributed by atoms with van der Waals surface area (Å²) >= 11 is 0. The second-order valence-electron chi connectivity index (χ2n) is 7.06. The maximum atomic E-state index is 13.7. The minimum atomic E-state index is -0.952. The van der Waals surface area contributed by atoms with E-state index in [1.54, 1.807) is 23.1 Å². The zero-order chi connectivity index (χ0) is 20.5. The van der Waals surface area contributed by atoms with Crippen LogP contribution in [0.2, 0.25) is 0 Å². The van der Waals surface area contributed by atoms with Gasteiger partial charge in [-0.25, -0.2) is 9.37 Å². The van der Waals surface area contributed by atoms with Gasteiger partial charge >= 0.3 is 0 Å². The lowest BCUT2D eigenvalue weighted by molar-refractivity contribution is 0.102. The van der Waals surface area contributed by atoms with Crippen molar-refractivity contribution in [3.63, 3.8) is 0 Å². The number of aromatic amines is 1. The van der Waals surface area contributed by atoms with Crippen molar-refractivity contribution < 1.29 is 9.18 Å². The average molecular weight is 391 g/mol. The lowest BCUT2D eigenvalue weighted by atomic mass is 10.1. The van der Waals surface area contributed by atoms with Crippen LogP contribution in [-0.4, -0.2) is 35.1 Å². The van der Waals surface area contributed by atoms with Gasteiger partial charge in [0.05, 0.1) is 17.4 Å². The normalized spacial score (nSPS) is 16.0. The Morgan fingerprint density at radius 3 is 2.93 bits per heavy atom. The number of hydrogen-bond acceptors (Lipinski definition) is 5. The van der Waals surface area contributed by atoms with E-state index in [2.05, 4.69) is 15.3 Å². The van der Waals surface area contributed by atoms with Crippen molar-refractivity contribution in [2.45, 2.75) is 19.5 Å². The first-order valence-electron chi connectivity index (χ1n) is 9.19. The van der Waals surface area contributed by atoms with Crippen molar-refractivity contribution in [1.82, 2.24) is 9.97 Å². The standard InChI is InChI=1S/C21H18FN5O2/c1-12-6-20(28)26-18-3-2-14(7-16(12)18)25-21(29)17-8-15(9-23)24-10-19(17)27-5-4-13(22)11-27/h2-3,6-8,10,13H,4-5,11H2,1H3,(H,25,29)(H,26,28). The minimum absolute atomic E-state index is 0.113. The fourth-order valence-electron chi connectivity index (χ4n) is 3.58. The van der Waals surface area contributed by atoms with E-state index in [1.807, 2.05) is 13.0 Å². The molecule has 1 aromatic carbocycles. The second kappa shape index (κ2) is 7.36. The summed E-state index contributed by atoms with van der Waals surface area (Å²) in [6.07, 6.45) is 0.886. The summed E-state index contributed by atoms with van der Waals surface area (Å²) in [6.45, 7) is 2.50. The van der Waals surface area contributed by atoms with Gasteiger partial charge in [-0.15, -0.1) is 0 Å². The van der Waals surface area contributed by atoms with Gasteiger partial charge in [0.15, 0.2) is 0 Å². The van der Waals surface area contributed by atoms with Crippen LogP contribution in [0.25, 0.3) is 10.9 Å². The number of pyridine rings is 2. The third kappa shape index (κ3) is 3.67. The minimum Gasteiger partial charge on any atom is -0.367 e. The summed E-state index contributed by atoms with van der Waals surface area (Å²) in [5.74, 6) is -0.414. The number of nitrogens with one attached hydrogen (secondary N) is 2. The van der Waals surface area contributed by atoms with Gasteiger partial charge in [0.1, 0.15) is 17.9 Å². The van der Waals surface area contributed by atoms with E-state index in [1.165, 1.54) is 18.3 Å². The maximum absolute atomic E-state index is 13.7. The Hall–Kier alpha value is -3.73. The molecule has 1 unspecified atom stereocenters. The van der Waals surface area contributed by atoms with E-state index in [-0.39, 0.29) is 23.4 Å². The molecule has 4 rings (SSSR count). The van der Waals surface area contributed by atoms with Crippen LogP contribution in [-0.2, 0) is 0 Å². The SMILES string of the molecule is Cc1cc(=O)[nH]c2ccc(NC(=O)c3cc(C#N)ncc3N3CCC(F)C3)cc12. The van der Waals surface area contributed by atoms with Crippen molar-refractivity contribution in [3.8, 4) is 6.07 Å². The molecule has 1 amide bonds. The first-order chi connectivity index (χ1) is 13.9. The average Bonchev–Trinajstić information content (AvgIpc) is 3.14. The molecule has 7 nitrogen and oxygen atoms in total. The monoisotopic (exact) mass is 391 g/mol. The van der Waals surface area contributed by atoms with Gasteiger partial charge in [0, 0.05) is 35.7 Å². The highest BCUT2D eigenvalue weighted by molar-refractivity contribution is 6.09. The van der Waals surface area contributed by atoms with Crippen molar-refractivity contribution in [1.29, 1.82) is 5.26 Å². The largest absolute Gasteiger partial charge is 0.367 e. The molecule has 146 valence electrons. The van der Waals surface area contributed by atoms with Gasteiger partial charge in [-0.05, 0) is 43.2 Å². The molecule has 3 aromatic rings. The fourth-order valence-corrected chi connectivity index (χ4v) is 3.58. The number of amides is 1. The smallest absolute Gasteiger partial charge is 0.257 e. The lowest BCUT2D eigenvalue weighted by Crippen LogP contribution is -2.24. The Morgan fingerprint density at radius 2 is 2.21 bits per heavy atom. The van der Waals surface area contributed by atoms with E-state index in [9.17, 15) is 14.0 Å². The molecule has 1 aliphatic rings. The molecular formula is C21H18FN5O2. The zero-order valence-corrected chi connectivity index (χ0v) is 15.7. The van der Waals surface area contributed by atoms with E-state index in [4.69, 9.17) is 5.26 Å². The highest BCUT2D eigenvalue weighted by Gasteiger charge is 2.26. The van der Waals surface area contributed by atoms with Crippen molar-refractivity contribution in [2.24, 2.45) is 0 Å². The quantitative estimate of drug-likeness (QED) is 0.715. The number of nitriles is 1. The fraction of sp³-hybridized carbons (Fsp3) is 0.238. The van der Waals surface area contributed by atoms with Crippen LogP contribution >= 0.6 is 0 Å². The number of benzene rings is 1. The molecule has 8 heteroatoms. The maximum Gasteiger partial charge on any atom is 0.257 e. The molecule has 3 heterocycles. The Balaban J connectivity index is 1.68. The van der Waals surface area contributed by atoms with E-state index < -0.39 is 12.1 Å². The first kappa shape index (κ1) is 18.6. The van der Waals surface area contributed by atoms with Crippen LogP contribution in [0.5, 0.6) is 0 Å². The number of fused-ring (bicyclic) bond motifs is 1. The number of carbonyl (C=O) groups is 1. The first-order valence-corrected chi connectivity index (χ1v) is 9.19. The van der Waals surface area contributed by atoms with E-state index >= 15 is 0 Å². The molecule has 0 aliphatic carbocycles. The molecule has 0 saturated carbocycles. The van der Waals surface area contributed by atoms with Crippen LogP contribution in [0, 0.1) is 18.3 Å². The number of aryl methyl sites for hydroxylation is 1. The Morgan fingerprint density at radius 1 is 1.38 bits per heavy atom. The number of nitrogens with zero attached hydrogens (tertiary/aromatic N) is 3. The van der Waals surface area contributed by atoms with Crippen molar-refractivity contribution >= 4 is 28.2 Å². The summed E-state index contributed by atoms with van der Waals surface area (Å²) in [5, 5.41) is 12.8. The predicted octanol–water partition coefficient (Wildman–Crippen LogP) is 2.90. The Bertz CT molecular complexity index is 1210. The van der Waals surface area contributed by atoms with Gasteiger partial charge in [-0.1, -0.05) is 0 Å². The van der Waals surface area contributed by atoms with Crippen molar-refractivity contribution in [2.75, 3.05) is 23.3 Å². The van der Waals surface area contributed by atoms with Gasteiger partial charge < -0.3 is 15.2 Å². The second-order valence-corrected chi connectivity index (χ2v) is 7.06. The summed E-state index contributed by atoms with van der Waals surface area (Å²) < 4.78 is 13.7. The molecule has 0 radical (unpaired) electrons. The van der Waals surface area contributed by atoms with Crippen LogP contribution in [0.3, 0.4) is 0 Å². The molecule has 2 N–H and O–H groups in total. The number of halogens is 1. The third-order valence-electron chi connectivity index (χ3n) is 5.02. The molecule has 1 fully saturated rings. The van der Waals surface area contributed by atoms with Crippen LogP contribution in [0.15, 0.2) is 41.3 Å². The Labute approximate surface area is 165 Å². The summed E-state index contributed by atoms with van der Waals surface area (Å²) in [6, 6.07) is 10.0. The zero-order valence-electron chi connectivity index (χ0n) is 15.7. The molecular weight excluding hydrogens is 373 g/mol. The van der Waals surface area contributed by atoms with Gasteiger partial charge in [0.2, 0.25) is 5.56 Å². The molecule has 1 aliphatic heterocycles. The molecule has 0 bridgehead atoms. The number of H-pyrrole nitrogens is 1. The molecule has 0 spiro atoms. The Kier molecular flexibility index (Phi) is 4.72. The van der Waals surface area contributed by atoms with Crippen LogP contribution in [0.4, 0.5) is 15.8 Å². The highest BCUT2D eigenvalue weighted by atomic mass is 19.1. The van der Waals surface area contributed by atoms with E-state index in [0.717, 1.165) is 10.9 Å². The number of anilines is 2. The molecule has 29 heavy (non-hydrogen) atoms. The van der Waals surface area contributed by atoms with Gasteiger partial charge in [-0.2, -0.15) is 5.26 Å². The molecule has 1 atom stereocenters. The van der Waals surface area contributed by atoms with Crippen molar-refractivity contribution in [3.05, 3.63) is 63.7 Å². The van der Waals surface area contributed by atoms with E-state index in [0.29, 0.717) is 29.9 Å². The summed E-state index contributed by atoms with van der Waals surface area (Å²) in [5.41, 5.74) is 2.71. The van der Waals surface area contributed by atoms with Gasteiger partial charge in [-0.3, -0.25) is 9.59 Å². The topological polar surface area (TPSA) is 102 Å². The highest BCUT2D eigenvalue weighted by Crippen LogP contribution is 2.27. The number of hydrogen-bond donors (Lipinski definition) is 2. The predicted molar refractivity (Wildman–Crippen MR) is 108 cm³/mol. The van der Waals surface area contributed by atoms with Crippen LogP contribution < -0.4 is 15.8 Å². The number of aromatic nitrogens is 2.